The predicted octanol–water partition coefficient (Wildman–Crippen LogP) is 5.77. The van der Waals surface area contributed by atoms with Gasteiger partial charge in [-0.1, -0.05) is 30.3 Å². The normalized spacial score (nSPS) is 12.9. The molecule has 3 nitrogen and oxygen atoms in total. The third-order valence-corrected chi connectivity index (χ3v) is 4.41. The molecule has 0 N–H and O–H groups in total. The monoisotopic (exact) mass is 356 g/mol. The van der Waals surface area contributed by atoms with Crippen LogP contribution in [0.3, 0.4) is 0 Å². The van der Waals surface area contributed by atoms with Crippen molar-refractivity contribution in [2.75, 3.05) is 0 Å². The second-order valence-electron chi connectivity index (χ2n) is 6.24. The van der Waals surface area contributed by atoms with Crippen molar-refractivity contribution in [1.82, 2.24) is 9.97 Å². The van der Waals surface area contributed by atoms with Gasteiger partial charge in [0.1, 0.15) is 11.4 Å². The molecule has 2 aromatic carbocycles. The van der Waals surface area contributed by atoms with Gasteiger partial charge >= 0.3 is 0 Å². The highest BCUT2D eigenvalue weighted by Crippen LogP contribution is 2.31. The van der Waals surface area contributed by atoms with Crippen LogP contribution in [0.1, 0.15) is 13.9 Å². The summed E-state index contributed by atoms with van der Waals surface area (Å²) in [4.78, 5) is 8.75. The molecule has 0 radical (unpaired) electrons. The third kappa shape index (κ3) is 2.95. The second kappa shape index (κ2) is 6.32. The summed E-state index contributed by atoms with van der Waals surface area (Å²) in [6, 6.07) is 18.6. The van der Waals surface area contributed by atoms with Gasteiger partial charge in [-0.25, -0.2) is 9.37 Å². The second-order valence-corrected chi connectivity index (χ2v) is 6.24. The molecule has 130 valence electrons. The molecule has 5 rings (SSSR count). The highest BCUT2D eigenvalue weighted by Gasteiger charge is 2.11. The van der Waals surface area contributed by atoms with Gasteiger partial charge in [0.25, 0.3) is 0 Å². The van der Waals surface area contributed by atoms with Crippen LogP contribution in [-0.4, -0.2) is 9.97 Å². The Balaban J connectivity index is 1.63. The summed E-state index contributed by atoms with van der Waals surface area (Å²) in [6.45, 7) is 0. The van der Waals surface area contributed by atoms with E-state index in [-0.39, 0.29) is 5.82 Å². The average molecular weight is 356 g/mol. The summed E-state index contributed by atoms with van der Waals surface area (Å²) in [7, 11) is 0. The molecule has 27 heavy (non-hydrogen) atoms. The molecule has 0 amide bonds. The van der Waals surface area contributed by atoms with Gasteiger partial charge < -0.3 is 4.42 Å². The fourth-order valence-electron chi connectivity index (χ4n) is 3.13. The lowest BCUT2D eigenvalue weighted by Crippen LogP contribution is -1.91. The molecule has 0 unspecified atom stereocenters. The summed E-state index contributed by atoms with van der Waals surface area (Å²) in [5.41, 5.74) is 3.34. The van der Waals surface area contributed by atoms with Gasteiger partial charge in [0.05, 0.1) is 5.69 Å². The van der Waals surface area contributed by atoms with Crippen LogP contribution >= 0.6 is 0 Å². The Kier molecular flexibility index (Phi) is 3.20. The van der Waals surface area contributed by atoms with E-state index >= 15 is 0 Å². The van der Waals surface area contributed by atoms with Crippen molar-refractivity contribution >= 4 is 22.1 Å². The van der Waals surface area contributed by atoms with Crippen molar-refractivity contribution in [2.24, 2.45) is 0 Å². The van der Waals surface area contributed by atoms with E-state index in [0.29, 0.717) is 44.5 Å². The van der Waals surface area contributed by atoms with Crippen LogP contribution in [0.4, 0.5) is 4.39 Å². The number of aromatic nitrogens is 2. The summed E-state index contributed by atoms with van der Waals surface area (Å²) in [6.07, 6.45) is 1.55. The van der Waals surface area contributed by atoms with Crippen LogP contribution in [0.25, 0.3) is 33.3 Å². The van der Waals surface area contributed by atoms with E-state index in [1.165, 1.54) is 12.1 Å². The zero-order chi connectivity index (χ0) is 20.0. The van der Waals surface area contributed by atoms with Crippen LogP contribution < -0.4 is 0 Å². The smallest absolute Gasteiger partial charge is 0.227 e. The molecule has 0 aliphatic carbocycles. The molecule has 0 fully saturated rings. The highest BCUT2D eigenvalue weighted by molar-refractivity contribution is 6.04. The molecule has 5 aromatic rings. The maximum Gasteiger partial charge on any atom is 0.227 e. The molecule has 0 aliphatic heterocycles. The number of pyridine rings is 2. The molecular weight excluding hydrogens is 339 g/mol. The first-order chi connectivity index (χ1) is 14.0. The fourth-order valence-corrected chi connectivity index (χ4v) is 3.13. The fraction of sp³-hybridized carbons (Fsp3) is 0.0435. The Morgan fingerprint density at radius 1 is 0.889 bits per heavy atom. The first-order valence-electron chi connectivity index (χ1n) is 9.52. The maximum atomic E-state index is 13.7. The zero-order valence-electron chi connectivity index (χ0n) is 16.2. The van der Waals surface area contributed by atoms with Gasteiger partial charge in [0, 0.05) is 31.5 Å². The molecule has 0 saturated carbocycles. The van der Waals surface area contributed by atoms with Gasteiger partial charge in [0.2, 0.25) is 5.71 Å². The molecule has 0 saturated heterocycles. The van der Waals surface area contributed by atoms with Crippen molar-refractivity contribution in [3.63, 3.8) is 0 Å². The van der Waals surface area contributed by atoms with E-state index < -0.39 is 6.37 Å². The molecular formula is C23H15FN2O. The van der Waals surface area contributed by atoms with Crippen molar-refractivity contribution in [1.29, 1.82) is 0 Å². The zero-order valence-corrected chi connectivity index (χ0v) is 14.2. The Morgan fingerprint density at radius 3 is 2.67 bits per heavy atom. The number of nitrogens with zero attached hydrogens (tertiary/aromatic N) is 2. The number of fused-ring (bicyclic) bond motifs is 3. The Bertz CT molecular complexity index is 1350. The van der Waals surface area contributed by atoms with Crippen LogP contribution in [0, 0.1) is 5.82 Å². The first-order valence-corrected chi connectivity index (χ1v) is 8.52. The minimum absolute atomic E-state index is 0.346. The van der Waals surface area contributed by atoms with Crippen molar-refractivity contribution in [3.8, 4) is 11.3 Å². The van der Waals surface area contributed by atoms with Crippen LogP contribution in [-0.2, 0) is 6.37 Å². The molecule has 3 aromatic heterocycles. The summed E-state index contributed by atoms with van der Waals surface area (Å²) < 4.78 is 36.5. The van der Waals surface area contributed by atoms with Crippen molar-refractivity contribution in [3.05, 3.63) is 96.1 Å². The van der Waals surface area contributed by atoms with Crippen LogP contribution in [0.5, 0.6) is 0 Å². The molecule has 0 atom stereocenters. The Morgan fingerprint density at radius 2 is 1.78 bits per heavy atom. The number of rotatable bonds is 3. The number of furan rings is 1. The molecule has 4 heteroatoms. The largest absolute Gasteiger partial charge is 0.438 e. The SMILES string of the molecule is [2H]C([2H])(c1ccccc1)c1ccnc(-c2cnc3oc4ccc(F)cc4c3c2)c1. The summed E-state index contributed by atoms with van der Waals surface area (Å²) in [5.74, 6) is -0.346. The minimum atomic E-state index is -1.66. The average Bonchev–Trinajstić information content (AvgIpc) is 3.11. The first kappa shape index (κ1) is 13.6. The van der Waals surface area contributed by atoms with E-state index in [2.05, 4.69) is 9.97 Å². The van der Waals surface area contributed by atoms with Gasteiger partial charge in [-0.3, -0.25) is 4.98 Å². The summed E-state index contributed by atoms with van der Waals surface area (Å²) in [5, 5.41) is 1.33. The van der Waals surface area contributed by atoms with E-state index in [4.69, 9.17) is 7.16 Å². The van der Waals surface area contributed by atoms with E-state index in [0.717, 1.165) is 0 Å². The van der Waals surface area contributed by atoms with Gasteiger partial charge in [-0.15, -0.1) is 0 Å². The standard InChI is InChI=1S/C23H15FN2O/c24-18-6-7-22-19(13-18)20-12-17(14-26-23(20)27-22)21-11-16(8-9-25-21)10-15-4-2-1-3-5-15/h1-9,11-14H,10H2/i10D2. The third-order valence-electron chi connectivity index (χ3n) is 4.41. The molecule has 0 spiro atoms. The Hall–Kier alpha value is -3.53. The quantitative estimate of drug-likeness (QED) is 0.412. The lowest BCUT2D eigenvalue weighted by atomic mass is 10.0. The summed E-state index contributed by atoms with van der Waals surface area (Å²) >= 11 is 0. The minimum Gasteiger partial charge on any atom is -0.438 e. The maximum absolute atomic E-state index is 13.7. The number of hydrogen-bond acceptors (Lipinski definition) is 3. The van der Waals surface area contributed by atoms with Crippen molar-refractivity contribution < 1.29 is 11.5 Å². The lowest BCUT2D eigenvalue weighted by molar-refractivity contribution is 0.624. The van der Waals surface area contributed by atoms with E-state index in [9.17, 15) is 4.39 Å². The number of benzene rings is 2. The van der Waals surface area contributed by atoms with Gasteiger partial charge in [0.15, 0.2) is 0 Å². The number of hydrogen-bond donors (Lipinski definition) is 0. The van der Waals surface area contributed by atoms with Crippen molar-refractivity contribution in [2.45, 2.75) is 6.37 Å². The molecule has 3 heterocycles. The van der Waals surface area contributed by atoms with Gasteiger partial charge in [-0.2, -0.15) is 0 Å². The topological polar surface area (TPSA) is 38.9 Å². The highest BCUT2D eigenvalue weighted by atomic mass is 19.1. The Labute approximate surface area is 157 Å². The molecule has 0 aliphatic rings. The molecule has 0 bridgehead atoms. The van der Waals surface area contributed by atoms with Crippen LogP contribution in [0.2, 0.25) is 0 Å². The predicted molar refractivity (Wildman–Crippen MR) is 104 cm³/mol. The van der Waals surface area contributed by atoms with Crippen LogP contribution in [0.15, 0.2) is 83.5 Å². The van der Waals surface area contributed by atoms with E-state index in [1.807, 2.05) is 24.3 Å². The number of halogens is 1. The lowest BCUT2D eigenvalue weighted by Gasteiger charge is -2.05. The van der Waals surface area contributed by atoms with E-state index in [1.54, 1.807) is 42.7 Å². The van der Waals surface area contributed by atoms with Gasteiger partial charge in [-0.05, 0) is 53.9 Å².